The SMILES string of the molecule is OC1c2ccccc2CCC1Cc1ccc(Cl)cc1Cl. The standard InChI is InChI=1S/C17H16Cl2O/c18-14-8-7-12(16(19)10-14)9-13-6-5-11-3-1-2-4-15(11)17(13)20/h1-4,7-8,10,13,17,20H,5-6,9H2. The molecule has 2 atom stereocenters. The molecule has 0 radical (unpaired) electrons. The first-order valence-corrected chi connectivity index (χ1v) is 7.60. The fourth-order valence-electron chi connectivity index (χ4n) is 2.99. The van der Waals surface area contributed by atoms with E-state index in [4.69, 9.17) is 23.2 Å². The molecule has 2 aromatic carbocycles. The van der Waals surface area contributed by atoms with Crippen molar-refractivity contribution in [2.24, 2.45) is 5.92 Å². The maximum atomic E-state index is 10.6. The molecule has 0 saturated carbocycles. The Balaban J connectivity index is 1.83. The van der Waals surface area contributed by atoms with Gasteiger partial charge in [-0.2, -0.15) is 0 Å². The Morgan fingerprint density at radius 1 is 1.10 bits per heavy atom. The molecule has 104 valence electrons. The minimum atomic E-state index is -0.410. The first-order chi connectivity index (χ1) is 9.65. The Bertz CT molecular complexity index is 624. The minimum absolute atomic E-state index is 0.212. The lowest BCUT2D eigenvalue weighted by molar-refractivity contribution is 0.0937. The number of rotatable bonds is 2. The highest BCUT2D eigenvalue weighted by atomic mass is 35.5. The molecule has 0 amide bonds. The normalized spacial score (nSPS) is 21.6. The number of aliphatic hydroxyl groups excluding tert-OH is 1. The molecule has 1 N–H and O–H groups in total. The van der Waals surface area contributed by atoms with Crippen LogP contribution in [-0.4, -0.2) is 5.11 Å². The zero-order valence-corrected chi connectivity index (χ0v) is 12.5. The summed E-state index contributed by atoms with van der Waals surface area (Å²) in [5.41, 5.74) is 3.38. The molecule has 2 aromatic rings. The highest BCUT2D eigenvalue weighted by Gasteiger charge is 2.28. The van der Waals surface area contributed by atoms with E-state index in [-0.39, 0.29) is 5.92 Å². The third-order valence-electron chi connectivity index (χ3n) is 4.10. The highest BCUT2D eigenvalue weighted by Crippen LogP contribution is 2.37. The van der Waals surface area contributed by atoms with E-state index in [0.717, 1.165) is 30.4 Å². The molecule has 0 aliphatic heterocycles. The van der Waals surface area contributed by atoms with Crippen molar-refractivity contribution in [3.05, 3.63) is 69.2 Å². The second-order valence-electron chi connectivity index (χ2n) is 5.38. The van der Waals surface area contributed by atoms with Gasteiger partial charge in [-0.25, -0.2) is 0 Å². The average molecular weight is 307 g/mol. The van der Waals surface area contributed by atoms with Crippen molar-refractivity contribution in [2.75, 3.05) is 0 Å². The van der Waals surface area contributed by atoms with Gasteiger partial charge in [0.1, 0.15) is 0 Å². The molecule has 0 aromatic heterocycles. The van der Waals surface area contributed by atoms with Crippen LogP contribution in [0.2, 0.25) is 10.0 Å². The number of halogens is 2. The summed E-state index contributed by atoms with van der Waals surface area (Å²) in [5.74, 6) is 0.212. The second-order valence-corrected chi connectivity index (χ2v) is 6.23. The van der Waals surface area contributed by atoms with Crippen LogP contribution in [0, 0.1) is 5.92 Å². The number of fused-ring (bicyclic) bond motifs is 1. The molecule has 0 fully saturated rings. The van der Waals surface area contributed by atoms with Gasteiger partial charge in [0.15, 0.2) is 0 Å². The van der Waals surface area contributed by atoms with Crippen LogP contribution in [0.25, 0.3) is 0 Å². The van der Waals surface area contributed by atoms with Crippen LogP contribution in [0.15, 0.2) is 42.5 Å². The Labute approximate surface area is 129 Å². The van der Waals surface area contributed by atoms with Gasteiger partial charge in [-0.05, 0) is 54.0 Å². The van der Waals surface area contributed by atoms with Crippen molar-refractivity contribution in [3.8, 4) is 0 Å². The van der Waals surface area contributed by atoms with Gasteiger partial charge in [0.05, 0.1) is 6.10 Å². The second kappa shape index (κ2) is 5.77. The molecule has 3 rings (SSSR count). The van der Waals surface area contributed by atoms with Crippen molar-refractivity contribution in [1.29, 1.82) is 0 Å². The van der Waals surface area contributed by atoms with E-state index in [1.165, 1.54) is 5.56 Å². The van der Waals surface area contributed by atoms with Crippen LogP contribution >= 0.6 is 23.2 Å². The van der Waals surface area contributed by atoms with Crippen molar-refractivity contribution < 1.29 is 5.11 Å². The van der Waals surface area contributed by atoms with E-state index in [9.17, 15) is 5.11 Å². The van der Waals surface area contributed by atoms with E-state index in [1.54, 1.807) is 6.07 Å². The Morgan fingerprint density at radius 2 is 1.90 bits per heavy atom. The van der Waals surface area contributed by atoms with E-state index >= 15 is 0 Å². The van der Waals surface area contributed by atoms with Crippen LogP contribution < -0.4 is 0 Å². The molecule has 1 nitrogen and oxygen atoms in total. The van der Waals surface area contributed by atoms with Crippen LogP contribution in [0.3, 0.4) is 0 Å². The average Bonchev–Trinajstić information content (AvgIpc) is 2.45. The Morgan fingerprint density at radius 3 is 2.70 bits per heavy atom. The summed E-state index contributed by atoms with van der Waals surface area (Å²) in [4.78, 5) is 0. The van der Waals surface area contributed by atoms with Crippen molar-refractivity contribution in [2.45, 2.75) is 25.4 Å². The molecular formula is C17H16Cl2O. The van der Waals surface area contributed by atoms with Crippen molar-refractivity contribution in [1.82, 2.24) is 0 Å². The van der Waals surface area contributed by atoms with E-state index in [1.807, 2.05) is 30.3 Å². The first kappa shape index (κ1) is 13.9. The topological polar surface area (TPSA) is 20.2 Å². The summed E-state index contributed by atoms with van der Waals surface area (Å²) in [6.45, 7) is 0. The summed E-state index contributed by atoms with van der Waals surface area (Å²) >= 11 is 12.2. The smallest absolute Gasteiger partial charge is 0.0824 e. The van der Waals surface area contributed by atoms with Crippen LogP contribution in [0.5, 0.6) is 0 Å². The number of hydrogen-bond donors (Lipinski definition) is 1. The van der Waals surface area contributed by atoms with Crippen molar-refractivity contribution in [3.63, 3.8) is 0 Å². The lowest BCUT2D eigenvalue weighted by Gasteiger charge is -2.30. The lowest BCUT2D eigenvalue weighted by Crippen LogP contribution is -2.22. The van der Waals surface area contributed by atoms with Crippen LogP contribution in [0.4, 0.5) is 0 Å². The van der Waals surface area contributed by atoms with Gasteiger partial charge >= 0.3 is 0 Å². The van der Waals surface area contributed by atoms with E-state index in [0.29, 0.717) is 10.0 Å². The number of aryl methyl sites for hydroxylation is 1. The number of aliphatic hydroxyl groups is 1. The van der Waals surface area contributed by atoms with E-state index < -0.39 is 6.10 Å². The van der Waals surface area contributed by atoms with E-state index in [2.05, 4.69) is 6.07 Å². The van der Waals surface area contributed by atoms with Gasteiger partial charge in [0.2, 0.25) is 0 Å². The van der Waals surface area contributed by atoms with Crippen LogP contribution in [-0.2, 0) is 12.8 Å². The van der Waals surface area contributed by atoms with Crippen LogP contribution in [0.1, 0.15) is 29.2 Å². The molecule has 0 saturated heterocycles. The summed E-state index contributed by atoms with van der Waals surface area (Å²) < 4.78 is 0. The van der Waals surface area contributed by atoms with Gasteiger partial charge < -0.3 is 5.11 Å². The predicted octanol–water partition coefficient (Wildman–Crippen LogP) is 4.83. The van der Waals surface area contributed by atoms with Gasteiger partial charge in [0.25, 0.3) is 0 Å². The third kappa shape index (κ3) is 2.71. The largest absolute Gasteiger partial charge is 0.388 e. The number of benzene rings is 2. The Kier molecular flexibility index (Phi) is 4.02. The molecular weight excluding hydrogens is 291 g/mol. The monoisotopic (exact) mass is 306 g/mol. The highest BCUT2D eigenvalue weighted by molar-refractivity contribution is 6.35. The third-order valence-corrected chi connectivity index (χ3v) is 4.69. The van der Waals surface area contributed by atoms with Gasteiger partial charge in [-0.15, -0.1) is 0 Å². The molecule has 1 aliphatic carbocycles. The molecule has 0 spiro atoms. The fourth-order valence-corrected chi connectivity index (χ4v) is 3.47. The van der Waals surface area contributed by atoms with Gasteiger partial charge in [-0.1, -0.05) is 53.5 Å². The molecule has 3 heteroatoms. The summed E-state index contributed by atoms with van der Waals surface area (Å²) in [6.07, 6.45) is 2.37. The Hall–Kier alpha value is -1.02. The number of hydrogen-bond acceptors (Lipinski definition) is 1. The fraction of sp³-hybridized carbons (Fsp3) is 0.294. The quantitative estimate of drug-likeness (QED) is 0.842. The summed E-state index contributed by atoms with van der Waals surface area (Å²) in [6, 6.07) is 13.7. The molecule has 20 heavy (non-hydrogen) atoms. The zero-order valence-electron chi connectivity index (χ0n) is 11.0. The summed E-state index contributed by atoms with van der Waals surface area (Å²) in [7, 11) is 0. The van der Waals surface area contributed by atoms with Gasteiger partial charge in [0, 0.05) is 10.0 Å². The van der Waals surface area contributed by atoms with Crippen molar-refractivity contribution >= 4 is 23.2 Å². The molecule has 1 aliphatic rings. The molecule has 0 heterocycles. The predicted molar refractivity (Wildman–Crippen MR) is 83.4 cm³/mol. The maximum absolute atomic E-state index is 10.6. The maximum Gasteiger partial charge on any atom is 0.0824 e. The van der Waals surface area contributed by atoms with Gasteiger partial charge in [-0.3, -0.25) is 0 Å². The lowest BCUT2D eigenvalue weighted by atomic mass is 9.78. The summed E-state index contributed by atoms with van der Waals surface area (Å²) in [5, 5.41) is 11.9. The molecule has 2 unspecified atom stereocenters. The zero-order chi connectivity index (χ0) is 14.1. The first-order valence-electron chi connectivity index (χ1n) is 6.85. The molecule has 0 bridgehead atoms. The minimum Gasteiger partial charge on any atom is -0.388 e.